The molecule has 0 aliphatic heterocycles. The van der Waals surface area contributed by atoms with E-state index < -0.39 is 34.5 Å². The van der Waals surface area contributed by atoms with Crippen molar-refractivity contribution in [3.8, 4) is 5.75 Å². The zero-order valence-corrected chi connectivity index (χ0v) is 13.7. The second-order valence-corrected chi connectivity index (χ2v) is 5.06. The van der Waals surface area contributed by atoms with Crippen molar-refractivity contribution < 1.29 is 23.8 Å². The number of ether oxygens (including phenoxy) is 1. The van der Waals surface area contributed by atoms with Crippen LogP contribution < -0.4 is 10.9 Å². The van der Waals surface area contributed by atoms with Crippen molar-refractivity contribution in [1.82, 2.24) is 0 Å². The summed E-state index contributed by atoms with van der Waals surface area (Å²) in [6.07, 6.45) is 1.16. The van der Waals surface area contributed by atoms with E-state index in [-0.39, 0.29) is 6.61 Å². The van der Waals surface area contributed by atoms with Gasteiger partial charge in [-0.15, -0.1) is 0 Å². The van der Waals surface area contributed by atoms with Crippen LogP contribution in [0.4, 0.5) is 5.69 Å². The lowest BCUT2D eigenvalue weighted by atomic mass is 10.1. The normalized spacial score (nSPS) is 11.0. The van der Waals surface area contributed by atoms with Crippen LogP contribution in [0, 0.1) is 0 Å². The summed E-state index contributed by atoms with van der Waals surface area (Å²) in [5.41, 5.74) is -0.443. The first-order valence-corrected chi connectivity index (χ1v) is 7.51. The van der Waals surface area contributed by atoms with Gasteiger partial charge in [0.15, 0.2) is 5.78 Å². The molecule has 7 heteroatoms. The number of ketones is 1. The summed E-state index contributed by atoms with van der Waals surface area (Å²) in [4.78, 5) is 35.7. The first-order valence-electron chi connectivity index (χ1n) is 7.51. The van der Waals surface area contributed by atoms with Gasteiger partial charge in [0.1, 0.15) is 11.3 Å². The molecule has 25 heavy (non-hydrogen) atoms. The highest BCUT2D eigenvalue weighted by atomic mass is 16.5. The van der Waals surface area contributed by atoms with Gasteiger partial charge < -0.3 is 19.6 Å². The second-order valence-electron chi connectivity index (χ2n) is 5.06. The van der Waals surface area contributed by atoms with Crippen LogP contribution in [0.5, 0.6) is 5.75 Å². The average molecular weight is 343 g/mol. The Morgan fingerprint density at radius 1 is 1.28 bits per heavy atom. The molecule has 0 unspecified atom stereocenters. The molecule has 0 bridgehead atoms. The van der Waals surface area contributed by atoms with Gasteiger partial charge in [-0.1, -0.05) is 18.2 Å². The number of hydrogen-bond donors (Lipinski definition) is 2. The summed E-state index contributed by atoms with van der Waals surface area (Å²) < 4.78 is 9.44. The average Bonchev–Trinajstić information content (AvgIpc) is 2.55. The summed E-state index contributed by atoms with van der Waals surface area (Å²) >= 11 is 0. The van der Waals surface area contributed by atoms with E-state index in [1.165, 1.54) is 0 Å². The Kier molecular flexibility index (Phi) is 5.73. The van der Waals surface area contributed by atoms with Gasteiger partial charge in [0.2, 0.25) is 5.76 Å². The molecular formula is C18H17NO6. The highest BCUT2D eigenvalue weighted by molar-refractivity contribution is 6.07. The number of para-hydroxylation sites is 1. The number of allylic oxidation sites excluding steroid dienone is 2. The maximum atomic E-state index is 12.2. The number of nitrogens with one attached hydrogen (secondary N) is 1. The fourth-order valence-corrected chi connectivity index (χ4v) is 2.06. The number of esters is 1. The highest BCUT2D eigenvalue weighted by Crippen LogP contribution is 2.18. The molecular weight excluding hydrogens is 326 g/mol. The highest BCUT2D eigenvalue weighted by Gasteiger charge is 2.21. The Hall–Kier alpha value is -3.35. The van der Waals surface area contributed by atoms with Crippen LogP contribution in [-0.2, 0) is 4.74 Å². The van der Waals surface area contributed by atoms with E-state index in [0.29, 0.717) is 5.70 Å². The van der Waals surface area contributed by atoms with Crippen molar-refractivity contribution in [3.63, 3.8) is 0 Å². The Morgan fingerprint density at radius 3 is 2.56 bits per heavy atom. The van der Waals surface area contributed by atoms with E-state index >= 15 is 0 Å². The Bertz CT molecular complexity index is 867. The van der Waals surface area contributed by atoms with Crippen molar-refractivity contribution in [2.75, 3.05) is 11.9 Å². The minimum absolute atomic E-state index is 0.0804. The summed E-state index contributed by atoms with van der Waals surface area (Å²) in [7, 11) is 0. The minimum atomic E-state index is -1.11. The van der Waals surface area contributed by atoms with Crippen LogP contribution in [0.25, 0.3) is 0 Å². The fraction of sp³-hybridized carbons (Fsp3) is 0.167. The predicted molar refractivity (Wildman–Crippen MR) is 90.8 cm³/mol. The number of carbonyl (C=O) groups excluding carboxylic acids is 2. The monoisotopic (exact) mass is 343 g/mol. The molecule has 0 aliphatic rings. The molecule has 0 radical (unpaired) electrons. The third-order valence-corrected chi connectivity index (χ3v) is 3.12. The van der Waals surface area contributed by atoms with E-state index in [1.807, 2.05) is 30.3 Å². The van der Waals surface area contributed by atoms with Gasteiger partial charge in [0.25, 0.3) is 0 Å². The maximum absolute atomic E-state index is 12.2. The largest absolute Gasteiger partial charge is 0.507 e. The molecule has 0 saturated carbocycles. The first kappa shape index (κ1) is 18.0. The van der Waals surface area contributed by atoms with Crippen molar-refractivity contribution in [1.29, 1.82) is 0 Å². The summed E-state index contributed by atoms with van der Waals surface area (Å²) in [5.74, 6) is -2.76. The molecule has 0 saturated heterocycles. The van der Waals surface area contributed by atoms with Crippen LogP contribution in [0.1, 0.15) is 34.8 Å². The van der Waals surface area contributed by atoms with Crippen LogP contribution in [0.15, 0.2) is 57.4 Å². The van der Waals surface area contributed by atoms with Gasteiger partial charge in [-0.05, 0) is 26.0 Å². The van der Waals surface area contributed by atoms with Crippen LogP contribution in [0.3, 0.4) is 0 Å². The van der Waals surface area contributed by atoms with Crippen LogP contribution in [-0.4, -0.2) is 23.5 Å². The topological polar surface area (TPSA) is 106 Å². The lowest BCUT2D eigenvalue weighted by molar-refractivity contribution is 0.0482. The van der Waals surface area contributed by atoms with Gasteiger partial charge in [-0.3, -0.25) is 4.79 Å². The zero-order chi connectivity index (χ0) is 18.4. The van der Waals surface area contributed by atoms with Gasteiger partial charge in [-0.25, -0.2) is 9.59 Å². The zero-order valence-electron chi connectivity index (χ0n) is 13.7. The molecule has 2 aromatic rings. The van der Waals surface area contributed by atoms with Gasteiger partial charge in [-0.2, -0.15) is 0 Å². The molecule has 0 fully saturated rings. The number of rotatable bonds is 6. The Labute approximate surface area is 143 Å². The van der Waals surface area contributed by atoms with E-state index in [1.54, 1.807) is 13.8 Å². The number of hydrogen-bond acceptors (Lipinski definition) is 7. The maximum Gasteiger partial charge on any atom is 0.374 e. The van der Waals surface area contributed by atoms with Crippen molar-refractivity contribution in [2.45, 2.75) is 13.8 Å². The summed E-state index contributed by atoms with van der Waals surface area (Å²) in [6.45, 7) is 3.30. The molecule has 130 valence electrons. The van der Waals surface area contributed by atoms with Crippen LogP contribution in [0.2, 0.25) is 0 Å². The van der Waals surface area contributed by atoms with Crippen molar-refractivity contribution in [2.24, 2.45) is 0 Å². The summed E-state index contributed by atoms with van der Waals surface area (Å²) in [6, 6.07) is 10.0. The molecule has 2 rings (SSSR count). The molecule has 0 amide bonds. The van der Waals surface area contributed by atoms with E-state index in [4.69, 9.17) is 4.42 Å². The Morgan fingerprint density at radius 2 is 1.96 bits per heavy atom. The standard InChI is InChI=1S/C18H17NO6/c1-3-24-17(22)15-10-14(21)16(18(23)25-15)13(20)9-11(2)19-12-7-5-4-6-8-12/h4-10,19,21H,3H2,1-2H3. The van der Waals surface area contributed by atoms with Gasteiger partial charge >= 0.3 is 11.6 Å². The molecule has 1 aromatic heterocycles. The molecule has 0 spiro atoms. The lowest BCUT2D eigenvalue weighted by Gasteiger charge is -2.06. The van der Waals surface area contributed by atoms with Gasteiger partial charge in [0.05, 0.1) is 6.61 Å². The lowest BCUT2D eigenvalue weighted by Crippen LogP contribution is -2.17. The third-order valence-electron chi connectivity index (χ3n) is 3.12. The van der Waals surface area contributed by atoms with E-state index in [0.717, 1.165) is 17.8 Å². The predicted octanol–water partition coefficient (Wildman–Crippen LogP) is 2.72. The molecule has 1 heterocycles. The van der Waals surface area contributed by atoms with Crippen LogP contribution >= 0.6 is 0 Å². The van der Waals surface area contributed by atoms with E-state index in [2.05, 4.69) is 10.1 Å². The molecule has 0 aliphatic carbocycles. The first-order chi connectivity index (χ1) is 11.9. The molecule has 2 N–H and O–H groups in total. The number of carbonyl (C=O) groups is 2. The third kappa shape index (κ3) is 4.57. The van der Waals surface area contributed by atoms with Crippen molar-refractivity contribution in [3.05, 3.63) is 69.9 Å². The summed E-state index contributed by atoms with van der Waals surface area (Å²) in [5, 5.41) is 12.9. The Balaban J connectivity index is 2.25. The number of benzene rings is 1. The quantitative estimate of drug-likeness (QED) is 0.472. The van der Waals surface area contributed by atoms with E-state index in [9.17, 15) is 19.5 Å². The SMILES string of the molecule is CCOC(=O)c1cc(O)c(C(=O)C=C(C)Nc2ccccc2)c(=O)o1. The smallest absolute Gasteiger partial charge is 0.374 e. The number of anilines is 1. The molecule has 1 aromatic carbocycles. The number of aromatic hydroxyl groups is 1. The van der Waals surface area contributed by atoms with Gasteiger partial charge in [0, 0.05) is 23.5 Å². The minimum Gasteiger partial charge on any atom is -0.507 e. The van der Waals surface area contributed by atoms with Crippen molar-refractivity contribution >= 4 is 17.4 Å². The second kappa shape index (κ2) is 7.96. The molecule has 7 nitrogen and oxygen atoms in total. The molecule has 0 atom stereocenters. The fourth-order valence-electron chi connectivity index (χ4n) is 2.06.